The summed E-state index contributed by atoms with van der Waals surface area (Å²) in [5, 5.41) is 16.7. The largest absolute Gasteiger partial charge is 0.481 e. The van der Waals surface area contributed by atoms with Gasteiger partial charge in [-0.1, -0.05) is 12.8 Å². The van der Waals surface area contributed by atoms with Crippen molar-refractivity contribution in [3.8, 4) is 0 Å². The lowest BCUT2D eigenvalue weighted by molar-refractivity contribution is -0.138. The molecule has 0 aliphatic carbocycles. The predicted molar refractivity (Wildman–Crippen MR) is 58.4 cm³/mol. The minimum atomic E-state index is -0.794. The first kappa shape index (κ1) is 14.9. The van der Waals surface area contributed by atoms with E-state index in [1.165, 1.54) is 0 Å². The maximum absolute atomic E-state index is 10.2. The minimum absolute atomic E-state index is 0.151. The predicted octanol–water partition coefficient (Wildman–Crippen LogP) is 1.90. The third kappa shape index (κ3) is 12.9. The van der Waals surface area contributed by atoms with Gasteiger partial charge in [0.05, 0.1) is 0 Å². The van der Waals surface area contributed by atoms with E-state index >= 15 is 0 Å². The SMILES string of the molecule is O=C(O)CCCCCCOCCCC(=O)O. The molecule has 2 N–H and O–H groups in total. The summed E-state index contributed by atoms with van der Waals surface area (Å²) in [7, 11) is 0. The van der Waals surface area contributed by atoms with Gasteiger partial charge in [0.15, 0.2) is 0 Å². The van der Waals surface area contributed by atoms with E-state index in [1.807, 2.05) is 0 Å². The zero-order valence-electron chi connectivity index (χ0n) is 9.48. The highest BCUT2D eigenvalue weighted by molar-refractivity contribution is 5.66. The number of unbranched alkanes of at least 4 members (excludes halogenated alkanes) is 3. The number of carbonyl (C=O) groups is 2. The second kappa shape index (κ2) is 10.4. The molecule has 0 fully saturated rings. The number of ether oxygens (including phenoxy) is 1. The molecule has 94 valence electrons. The van der Waals surface area contributed by atoms with E-state index in [4.69, 9.17) is 14.9 Å². The molecule has 0 saturated heterocycles. The lowest BCUT2D eigenvalue weighted by atomic mass is 10.1. The van der Waals surface area contributed by atoms with Gasteiger partial charge in [0, 0.05) is 26.1 Å². The van der Waals surface area contributed by atoms with Crippen LogP contribution >= 0.6 is 0 Å². The monoisotopic (exact) mass is 232 g/mol. The van der Waals surface area contributed by atoms with Gasteiger partial charge in [-0.2, -0.15) is 0 Å². The highest BCUT2D eigenvalue weighted by atomic mass is 16.5. The molecule has 0 aromatic carbocycles. The van der Waals surface area contributed by atoms with Crippen LogP contribution in [0.2, 0.25) is 0 Å². The average Bonchev–Trinajstić information content (AvgIpc) is 2.20. The van der Waals surface area contributed by atoms with Crippen LogP contribution in [0.1, 0.15) is 44.9 Å². The lowest BCUT2D eigenvalue weighted by Gasteiger charge is -2.02. The van der Waals surface area contributed by atoms with Gasteiger partial charge >= 0.3 is 11.9 Å². The van der Waals surface area contributed by atoms with Gasteiger partial charge < -0.3 is 14.9 Å². The molecule has 0 heterocycles. The summed E-state index contributed by atoms with van der Waals surface area (Å²) in [6.45, 7) is 1.12. The molecule has 5 heteroatoms. The first-order valence-electron chi connectivity index (χ1n) is 5.64. The van der Waals surface area contributed by atoms with E-state index in [1.54, 1.807) is 0 Å². The zero-order valence-corrected chi connectivity index (χ0v) is 9.48. The van der Waals surface area contributed by atoms with E-state index < -0.39 is 11.9 Å². The quantitative estimate of drug-likeness (QED) is 0.531. The summed E-state index contributed by atoms with van der Waals surface area (Å²) >= 11 is 0. The van der Waals surface area contributed by atoms with Crippen LogP contribution in [-0.4, -0.2) is 35.4 Å². The summed E-state index contributed by atoms with van der Waals surface area (Å²) in [4.78, 5) is 20.3. The van der Waals surface area contributed by atoms with Crippen LogP contribution in [0.15, 0.2) is 0 Å². The van der Waals surface area contributed by atoms with Crippen molar-refractivity contribution in [2.75, 3.05) is 13.2 Å². The Hall–Kier alpha value is -1.10. The third-order valence-corrected chi connectivity index (χ3v) is 2.11. The van der Waals surface area contributed by atoms with Crippen molar-refractivity contribution < 1.29 is 24.5 Å². The van der Waals surface area contributed by atoms with Crippen molar-refractivity contribution in [1.82, 2.24) is 0 Å². The molecule has 0 spiro atoms. The van der Waals surface area contributed by atoms with Gasteiger partial charge in [0.2, 0.25) is 0 Å². The van der Waals surface area contributed by atoms with Crippen LogP contribution in [0.25, 0.3) is 0 Å². The Balaban J connectivity index is 2.98. The highest BCUT2D eigenvalue weighted by Gasteiger charge is 1.97. The van der Waals surface area contributed by atoms with Gasteiger partial charge in [-0.25, -0.2) is 0 Å². The van der Waals surface area contributed by atoms with Gasteiger partial charge in [-0.3, -0.25) is 9.59 Å². The molecule has 0 amide bonds. The Labute approximate surface area is 95.4 Å². The third-order valence-electron chi connectivity index (χ3n) is 2.11. The standard InChI is InChI=1S/C11H20O5/c12-10(13)6-3-1-2-4-8-16-9-5-7-11(14)15/h1-9H2,(H,12,13)(H,14,15). The van der Waals surface area contributed by atoms with Crippen LogP contribution in [-0.2, 0) is 14.3 Å². The fourth-order valence-electron chi connectivity index (χ4n) is 1.26. The maximum Gasteiger partial charge on any atom is 0.303 e. The van der Waals surface area contributed by atoms with Crippen LogP contribution in [0, 0.1) is 0 Å². The first-order chi connectivity index (χ1) is 7.63. The Morgan fingerprint density at radius 2 is 1.25 bits per heavy atom. The number of carboxylic acids is 2. The van der Waals surface area contributed by atoms with Crippen LogP contribution < -0.4 is 0 Å². The molecule has 0 radical (unpaired) electrons. The molecule has 0 bridgehead atoms. The summed E-state index contributed by atoms with van der Waals surface area (Å²) in [5.41, 5.74) is 0. The van der Waals surface area contributed by atoms with Crippen LogP contribution in [0.4, 0.5) is 0 Å². The number of hydrogen-bond acceptors (Lipinski definition) is 3. The molecule has 0 aliphatic heterocycles. The minimum Gasteiger partial charge on any atom is -0.481 e. The molecule has 0 aromatic heterocycles. The number of aliphatic carboxylic acids is 2. The lowest BCUT2D eigenvalue weighted by Crippen LogP contribution is -2.01. The molecule has 0 unspecified atom stereocenters. The van der Waals surface area contributed by atoms with Crippen molar-refractivity contribution >= 4 is 11.9 Å². The molecular formula is C11H20O5. The zero-order chi connectivity index (χ0) is 12.2. The van der Waals surface area contributed by atoms with Crippen molar-refractivity contribution in [3.05, 3.63) is 0 Å². The van der Waals surface area contributed by atoms with E-state index in [2.05, 4.69) is 0 Å². The van der Waals surface area contributed by atoms with Crippen molar-refractivity contribution in [2.24, 2.45) is 0 Å². The molecular weight excluding hydrogens is 212 g/mol. The molecule has 0 aliphatic rings. The fourth-order valence-corrected chi connectivity index (χ4v) is 1.26. The fraction of sp³-hybridized carbons (Fsp3) is 0.818. The summed E-state index contributed by atoms with van der Waals surface area (Å²) in [6.07, 6.45) is 4.43. The molecule has 0 saturated carbocycles. The topological polar surface area (TPSA) is 83.8 Å². The van der Waals surface area contributed by atoms with E-state index in [0.717, 1.165) is 19.3 Å². The Morgan fingerprint density at radius 3 is 1.88 bits per heavy atom. The maximum atomic E-state index is 10.2. The molecule has 0 atom stereocenters. The molecule has 0 aromatic rings. The summed E-state index contributed by atoms with van der Waals surface area (Å²) < 4.78 is 5.23. The first-order valence-corrected chi connectivity index (χ1v) is 5.64. The molecule has 0 rings (SSSR count). The smallest absolute Gasteiger partial charge is 0.303 e. The van der Waals surface area contributed by atoms with Crippen LogP contribution in [0.5, 0.6) is 0 Å². The second-order valence-corrected chi connectivity index (χ2v) is 3.67. The van der Waals surface area contributed by atoms with Crippen molar-refractivity contribution in [1.29, 1.82) is 0 Å². The Kier molecular flexibility index (Phi) is 9.70. The van der Waals surface area contributed by atoms with E-state index in [-0.39, 0.29) is 12.8 Å². The second-order valence-electron chi connectivity index (χ2n) is 3.67. The van der Waals surface area contributed by atoms with Crippen LogP contribution in [0.3, 0.4) is 0 Å². The van der Waals surface area contributed by atoms with Gasteiger partial charge in [-0.15, -0.1) is 0 Å². The van der Waals surface area contributed by atoms with E-state index in [0.29, 0.717) is 26.1 Å². The summed E-state index contributed by atoms with van der Waals surface area (Å²) in [5.74, 6) is -1.54. The van der Waals surface area contributed by atoms with Gasteiger partial charge in [0.25, 0.3) is 0 Å². The van der Waals surface area contributed by atoms with Crippen molar-refractivity contribution in [3.63, 3.8) is 0 Å². The summed E-state index contributed by atoms with van der Waals surface area (Å²) in [6, 6.07) is 0. The Morgan fingerprint density at radius 1 is 0.750 bits per heavy atom. The molecule has 5 nitrogen and oxygen atoms in total. The van der Waals surface area contributed by atoms with E-state index in [9.17, 15) is 9.59 Å². The number of rotatable bonds is 11. The highest BCUT2D eigenvalue weighted by Crippen LogP contribution is 2.03. The van der Waals surface area contributed by atoms with Crippen molar-refractivity contribution in [2.45, 2.75) is 44.9 Å². The number of hydrogen-bond donors (Lipinski definition) is 2. The average molecular weight is 232 g/mol. The Bertz CT molecular complexity index is 181. The number of carboxylic acid groups (broad SMARTS) is 2. The van der Waals surface area contributed by atoms with Gasteiger partial charge in [-0.05, 0) is 19.3 Å². The normalized spacial score (nSPS) is 10.2. The molecule has 16 heavy (non-hydrogen) atoms. The van der Waals surface area contributed by atoms with Gasteiger partial charge in [0.1, 0.15) is 0 Å².